The molecule has 0 aliphatic heterocycles. The van der Waals surface area contributed by atoms with Crippen LogP contribution in [0.3, 0.4) is 0 Å². The number of thiophene rings is 1. The summed E-state index contributed by atoms with van der Waals surface area (Å²) < 4.78 is 1.17. The summed E-state index contributed by atoms with van der Waals surface area (Å²) in [6.07, 6.45) is 0. The fourth-order valence-corrected chi connectivity index (χ4v) is 3.91. The van der Waals surface area contributed by atoms with Gasteiger partial charge in [0.25, 0.3) is 0 Å². The molecule has 2 aromatic rings. The van der Waals surface area contributed by atoms with Gasteiger partial charge < -0.3 is 10.6 Å². The molecule has 2 unspecified atom stereocenters. The highest BCUT2D eigenvalue weighted by Crippen LogP contribution is 2.23. The van der Waals surface area contributed by atoms with Gasteiger partial charge in [0.15, 0.2) is 0 Å². The van der Waals surface area contributed by atoms with Crippen LogP contribution in [0.5, 0.6) is 0 Å². The summed E-state index contributed by atoms with van der Waals surface area (Å²) in [5.74, 6) is 0.422. The number of hydrogen-bond acceptors (Lipinski definition) is 3. The lowest BCUT2D eigenvalue weighted by molar-refractivity contribution is 0.259. The smallest absolute Gasteiger partial charge is 0.0333 e. The fraction of sp³-hybridized carbons (Fsp3) is 0.375. The fourth-order valence-electron chi connectivity index (χ4n) is 2.38. The first-order chi connectivity index (χ1) is 9.56. The monoisotopic (exact) mass is 352 g/mol. The Bertz CT molecular complexity index is 526. The number of nitrogens with zero attached hydrogens (tertiary/aromatic N) is 1. The molecule has 1 aromatic heterocycles. The molecule has 2 nitrogen and oxygen atoms in total. The molecule has 1 heterocycles. The van der Waals surface area contributed by atoms with Gasteiger partial charge in [-0.3, -0.25) is 0 Å². The van der Waals surface area contributed by atoms with Crippen molar-refractivity contribution in [3.05, 3.63) is 56.7 Å². The first-order valence-electron chi connectivity index (χ1n) is 6.78. The first kappa shape index (κ1) is 15.7. The predicted molar refractivity (Wildman–Crippen MR) is 90.9 cm³/mol. The van der Waals surface area contributed by atoms with Crippen LogP contribution in [-0.2, 0) is 6.54 Å². The number of nitrogens with two attached hydrogens (primary N) is 1. The molecule has 0 amide bonds. The predicted octanol–water partition coefficient (Wildman–Crippen LogP) is 4.28. The van der Waals surface area contributed by atoms with Crippen molar-refractivity contribution in [1.82, 2.24) is 4.90 Å². The topological polar surface area (TPSA) is 29.3 Å². The number of hydrogen-bond donors (Lipinski definition) is 1. The van der Waals surface area contributed by atoms with Gasteiger partial charge in [-0.15, -0.1) is 11.3 Å². The Morgan fingerprint density at radius 2 is 2.00 bits per heavy atom. The van der Waals surface area contributed by atoms with Crippen molar-refractivity contribution >= 4 is 27.3 Å². The highest BCUT2D eigenvalue weighted by atomic mass is 79.9. The molecule has 1 aromatic carbocycles. The lowest BCUT2D eigenvalue weighted by Crippen LogP contribution is -2.30. The largest absolute Gasteiger partial charge is 0.324 e. The van der Waals surface area contributed by atoms with Crippen LogP contribution in [0.15, 0.2) is 46.3 Å². The minimum absolute atomic E-state index is 0.0914. The molecule has 0 fully saturated rings. The van der Waals surface area contributed by atoms with E-state index in [1.54, 1.807) is 11.3 Å². The SMILES string of the molecule is CC(CN(C)Cc1cc(Br)cs1)C(N)c1ccccc1. The molecule has 0 aliphatic carbocycles. The zero-order valence-corrected chi connectivity index (χ0v) is 14.3. The Kier molecular flexibility index (Phi) is 5.78. The standard InChI is InChI=1S/C16H21BrN2S/c1-12(16(18)13-6-4-3-5-7-13)9-19(2)10-15-8-14(17)11-20-15/h3-8,11-12,16H,9-10,18H2,1-2H3. The normalized spacial score (nSPS) is 14.4. The quantitative estimate of drug-likeness (QED) is 0.840. The maximum absolute atomic E-state index is 6.35. The summed E-state index contributed by atoms with van der Waals surface area (Å²) in [6, 6.07) is 12.6. The molecule has 0 bridgehead atoms. The second kappa shape index (κ2) is 7.36. The van der Waals surface area contributed by atoms with Crippen LogP contribution < -0.4 is 5.73 Å². The van der Waals surface area contributed by atoms with Gasteiger partial charge in [0.2, 0.25) is 0 Å². The molecule has 0 spiro atoms. The summed E-state index contributed by atoms with van der Waals surface area (Å²) in [4.78, 5) is 3.71. The van der Waals surface area contributed by atoms with Crippen LogP contribution in [-0.4, -0.2) is 18.5 Å². The molecule has 4 heteroatoms. The Morgan fingerprint density at radius 1 is 1.30 bits per heavy atom. The summed E-state index contributed by atoms with van der Waals surface area (Å²) >= 11 is 5.29. The van der Waals surface area contributed by atoms with E-state index in [0.29, 0.717) is 5.92 Å². The summed E-state index contributed by atoms with van der Waals surface area (Å²) in [7, 11) is 2.15. The van der Waals surface area contributed by atoms with Gasteiger partial charge in [-0.05, 0) is 40.5 Å². The summed E-state index contributed by atoms with van der Waals surface area (Å²) in [5, 5.41) is 2.13. The van der Waals surface area contributed by atoms with Crippen molar-refractivity contribution in [1.29, 1.82) is 0 Å². The first-order valence-corrected chi connectivity index (χ1v) is 8.45. The van der Waals surface area contributed by atoms with E-state index < -0.39 is 0 Å². The maximum atomic E-state index is 6.35. The van der Waals surface area contributed by atoms with Crippen LogP contribution in [0, 0.1) is 5.92 Å². The van der Waals surface area contributed by atoms with Crippen LogP contribution in [0.1, 0.15) is 23.4 Å². The van der Waals surface area contributed by atoms with E-state index in [9.17, 15) is 0 Å². The lowest BCUT2D eigenvalue weighted by Gasteiger charge is -2.25. The molecule has 0 aliphatic rings. The third-order valence-corrected chi connectivity index (χ3v) is 5.13. The van der Waals surface area contributed by atoms with Gasteiger partial charge in [0.05, 0.1) is 0 Å². The zero-order chi connectivity index (χ0) is 14.5. The molecule has 2 rings (SSSR count). The Hall–Kier alpha value is -0.680. The van der Waals surface area contributed by atoms with Gasteiger partial charge in [0, 0.05) is 33.9 Å². The molecular formula is C16H21BrN2S. The van der Waals surface area contributed by atoms with Crippen LogP contribution in [0.4, 0.5) is 0 Å². The third kappa shape index (κ3) is 4.42. The second-order valence-corrected chi connectivity index (χ2v) is 7.25. The highest BCUT2D eigenvalue weighted by Gasteiger charge is 2.16. The van der Waals surface area contributed by atoms with Crippen LogP contribution in [0.25, 0.3) is 0 Å². The molecule has 0 radical (unpaired) electrons. The Balaban J connectivity index is 1.88. The third-order valence-electron chi connectivity index (χ3n) is 3.44. The Labute approximate surface area is 133 Å². The number of halogens is 1. The molecular weight excluding hydrogens is 332 g/mol. The minimum atomic E-state index is 0.0914. The van der Waals surface area contributed by atoms with Crippen LogP contribution in [0.2, 0.25) is 0 Å². The summed E-state index contributed by atoms with van der Waals surface area (Å²) in [6.45, 7) is 4.19. The van der Waals surface area contributed by atoms with Crippen LogP contribution >= 0.6 is 27.3 Å². The lowest BCUT2D eigenvalue weighted by atomic mass is 9.95. The molecule has 0 saturated heterocycles. The molecule has 0 saturated carbocycles. The summed E-state index contributed by atoms with van der Waals surface area (Å²) in [5.41, 5.74) is 7.57. The highest BCUT2D eigenvalue weighted by molar-refractivity contribution is 9.10. The van der Waals surface area contributed by atoms with Crippen molar-refractivity contribution in [3.8, 4) is 0 Å². The van der Waals surface area contributed by atoms with Crippen molar-refractivity contribution in [2.24, 2.45) is 11.7 Å². The average Bonchev–Trinajstić information content (AvgIpc) is 2.84. The van der Waals surface area contributed by atoms with Crippen molar-refractivity contribution in [2.45, 2.75) is 19.5 Å². The number of benzene rings is 1. The zero-order valence-electron chi connectivity index (χ0n) is 11.9. The van der Waals surface area contributed by atoms with Gasteiger partial charge in [-0.1, -0.05) is 37.3 Å². The second-order valence-electron chi connectivity index (χ2n) is 5.34. The van der Waals surface area contributed by atoms with Gasteiger partial charge in [-0.2, -0.15) is 0 Å². The average molecular weight is 353 g/mol. The number of rotatable bonds is 6. The van der Waals surface area contributed by atoms with E-state index in [1.807, 2.05) is 6.07 Å². The van der Waals surface area contributed by atoms with E-state index in [0.717, 1.165) is 13.1 Å². The molecule has 20 heavy (non-hydrogen) atoms. The molecule has 2 atom stereocenters. The maximum Gasteiger partial charge on any atom is 0.0333 e. The van der Waals surface area contributed by atoms with Gasteiger partial charge in [-0.25, -0.2) is 0 Å². The van der Waals surface area contributed by atoms with E-state index in [2.05, 4.69) is 70.5 Å². The Morgan fingerprint density at radius 3 is 2.60 bits per heavy atom. The van der Waals surface area contributed by atoms with E-state index in [4.69, 9.17) is 5.73 Å². The van der Waals surface area contributed by atoms with Crippen molar-refractivity contribution in [3.63, 3.8) is 0 Å². The van der Waals surface area contributed by atoms with E-state index in [-0.39, 0.29) is 6.04 Å². The molecule has 108 valence electrons. The minimum Gasteiger partial charge on any atom is -0.324 e. The van der Waals surface area contributed by atoms with E-state index in [1.165, 1.54) is 14.9 Å². The van der Waals surface area contributed by atoms with Crippen molar-refractivity contribution < 1.29 is 0 Å². The van der Waals surface area contributed by atoms with Gasteiger partial charge in [0.1, 0.15) is 0 Å². The van der Waals surface area contributed by atoms with Crippen molar-refractivity contribution in [2.75, 3.05) is 13.6 Å². The van der Waals surface area contributed by atoms with E-state index >= 15 is 0 Å². The van der Waals surface area contributed by atoms with Gasteiger partial charge >= 0.3 is 0 Å². The molecule has 2 N–H and O–H groups in total.